The van der Waals surface area contributed by atoms with Crippen LogP contribution in [-0.4, -0.2) is 28.0 Å². The van der Waals surface area contributed by atoms with Crippen molar-refractivity contribution in [1.29, 1.82) is 0 Å². The van der Waals surface area contributed by atoms with Gasteiger partial charge in [0.15, 0.2) is 0 Å². The normalized spacial score (nSPS) is 11.7. The first-order valence-corrected chi connectivity index (χ1v) is 11.6. The van der Waals surface area contributed by atoms with Gasteiger partial charge < -0.3 is 10.1 Å². The summed E-state index contributed by atoms with van der Waals surface area (Å²) < 4.78 is 72.7. The molecule has 0 aromatic heterocycles. The van der Waals surface area contributed by atoms with Gasteiger partial charge in [-0.25, -0.2) is 8.42 Å². The molecule has 34 heavy (non-hydrogen) atoms. The number of hydrogen-bond acceptors (Lipinski definition) is 4. The summed E-state index contributed by atoms with van der Waals surface area (Å²) in [6.45, 7) is 0.979. The second-order valence-electron chi connectivity index (χ2n) is 7.26. The molecule has 0 saturated carbocycles. The second-order valence-corrected chi connectivity index (χ2v) is 9.53. The SMILES string of the molecule is COc1ccc(NC(=O)CN(c2ccc(Cl)c(C(F)(F)F)c2)S(=O)(=O)c2ccc(C)cc2)cc1. The van der Waals surface area contributed by atoms with E-state index in [4.69, 9.17) is 16.3 Å². The highest BCUT2D eigenvalue weighted by Crippen LogP contribution is 2.38. The number of methoxy groups -OCH3 is 1. The lowest BCUT2D eigenvalue weighted by atomic mass is 10.2. The average Bonchev–Trinajstić information content (AvgIpc) is 2.78. The van der Waals surface area contributed by atoms with Crippen molar-refractivity contribution < 1.29 is 31.1 Å². The van der Waals surface area contributed by atoms with Gasteiger partial charge in [-0.05, 0) is 61.5 Å². The molecule has 0 heterocycles. The van der Waals surface area contributed by atoms with Crippen LogP contribution in [0.5, 0.6) is 5.75 Å². The summed E-state index contributed by atoms with van der Waals surface area (Å²) in [5.41, 5.74) is -0.437. The third kappa shape index (κ3) is 5.81. The number of nitrogens with one attached hydrogen (secondary N) is 1. The summed E-state index contributed by atoms with van der Waals surface area (Å²) in [6.07, 6.45) is -4.82. The van der Waals surface area contributed by atoms with Crippen LogP contribution in [0, 0.1) is 6.92 Å². The molecule has 0 radical (unpaired) electrons. The Morgan fingerprint density at radius 3 is 2.21 bits per heavy atom. The summed E-state index contributed by atoms with van der Waals surface area (Å²) in [5, 5.41) is 1.94. The number of rotatable bonds is 7. The monoisotopic (exact) mass is 512 g/mol. The van der Waals surface area contributed by atoms with Gasteiger partial charge in [-0.3, -0.25) is 9.10 Å². The fourth-order valence-electron chi connectivity index (χ4n) is 3.04. The Morgan fingerprint density at radius 2 is 1.65 bits per heavy atom. The molecule has 0 unspecified atom stereocenters. The molecular weight excluding hydrogens is 493 g/mol. The van der Waals surface area contributed by atoms with Crippen LogP contribution in [0.25, 0.3) is 0 Å². The quantitative estimate of drug-likeness (QED) is 0.453. The van der Waals surface area contributed by atoms with Crippen LogP contribution in [0.4, 0.5) is 24.5 Å². The second kappa shape index (κ2) is 9.94. The molecule has 11 heteroatoms. The molecule has 6 nitrogen and oxygen atoms in total. The maximum Gasteiger partial charge on any atom is 0.417 e. The van der Waals surface area contributed by atoms with Crippen molar-refractivity contribution in [2.24, 2.45) is 0 Å². The minimum atomic E-state index is -4.82. The van der Waals surface area contributed by atoms with E-state index in [0.29, 0.717) is 21.8 Å². The van der Waals surface area contributed by atoms with E-state index in [1.54, 1.807) is 43.3 Å². The largest absolute Gasteiger partial charge is 0.497 e. The van der Waals surface area contributed by atoms with Gasteiger partial charge in [0.2, 0.25) is 5.91 Å². The summed E-state index contributed by atoms with van der Waals surface area (Å²) in [7, 11) is -2.93. The minimum absolute atomic E-state index is 0.182. The van der Waals surface area contributed by atoms with Gasteiger partial charge in [0.05, 0.1) is 28.3 Å². The van der Waals surface area contributed by atoms with Crippen molar-refractivity contribution >= 4 is 38.9 Å². The lowest BCUT2D eigenvalue weighted by Gasteiger charge is -2.25. The Bertz CT molecular complexity index is 1280. The number of carbonyl (C=O) groups excluding carboxylic acids is 1. The van der Waals surface area contributed by atoms with E-state index < -0.39 is 39.2 Å². The number of ether oxygens (including phenoxy) is 1. The zero-order chi connectivity index (χ0) is 25.1. The highest BCUT2D eigenvalue weighted by Gasteiger charge is 2.35. The first-order valence-electron chi connectivity index (χ1n) is 9.82. The molecular formula is C23H20ClF3N2O4S. The van der Waals surface area contributed by atoms with Crippen LogP contribution >= 0.6 is 11.6 Å². The number of sulfonamides is 1. The topological polar surface area (TPSA) is 75.7 Å². The first-order chi connectivity index (χ1) is 15.9. The molecule has 1 amide bonds. The minimum Gasteiger partial charge on any atom is -0.497 e. The maximum absolute atomic E-state index is 13.4. The summed E-state index contributed by atoms with van der Waals surface area (Å²) in [4.78, 5) is 12.6. The van der Waals surface area contributed by atoms with Crippen molar-refractivity contribution in [3.63, 3.8) is 0 Å². The zero-order valence-corrected chi connectivity index (χ0v) is 19.6. The lowest BCUT2D eigenvalue weighted by molar-refractivity contribution is -0.137. The van der Waals surface area contributed by atoms with E-state index in [1.807, 2.05) is 0 Å². The predicted molar refractivity (Wildman–Crippen MR) is 124 cm³/mol. The molecule has 3 aromatic carbocycles. The van der Waals surface area contributed by atoms with Gasteiger partial charge in [0, 0.05) is 5.69 Å². The van der Waals surface area contributed by atoms with E-state index in [1.165, 1.54) is 19.2 Å². The number of benzene rings is 3. The van der Waals surface area contributed by atoms with Crippen LogP contribution in [0.2, 0.25) is 5.02 Å². The third-order valence-electron chi connectivity index (χ3n) is 4.81. The number of anilines is 2. The van der Waals surface area contributed by atoms with Crippen molar-refractivity contribution in [1.82, 2.24) is 0 Å². The molecule has 0 aliphatic heterocycles. The molecule has 0 spiro atoms. The maximum atomic E-state index is 13.4. The van der Waals surface area contributed by atoms with Crippen LogP contribution in [0.1, 0.15) is 11.1 Å². The van der Waals surface area contributed by atoms with Crippen molar-refractivity contribution in [3.8, 4) is 5.75 Å². The number of nitrogens with zero attached hydrogens (tertiary/aromatic N) is 1. The molecule has 0 fully saturated rings. The predicted octanol–water partition coefficient (Wildman–Crippen LogP) is 5.51. The van der Waals surface area contributed by atoms with E-state index in [2.05, 4.69) is 5.32 Å². The third-order valence-corrected chi connectivity index (χ3v) is 6.93. The van der Waals surface area contributed by atoms with E-state index in [-0.39, 0.29) is 10.6 Å². The molecule has 0 saturated heterocycles. The number of carbonyl (C=O) groups is 1. The zero-order valence-electron chi connectivity index (χ0n) is 18.1. The summed E-state index contributed by atoms with van der Waals surface area (Å²) >= 11 is 5.69. The number of hydrogen-bond donors (Lipinski definition) is 1. The van der Waals surface area contributed by atoms with Gasteiger partial charge in [-0.2, -0.15) is 13.2 Å². The van der Waals surface area contributed by atoms with E-state index in [9.17, 15) is 26.4 Å². The highest BCUT2D eigenvalue weighted by molar-refractivity contribution is 7.92. The van der Waals surface area contributed by atoms with Gasteiger partial charge >= 0.3 is 6.18 Å². The van der Waals surface area contributed by atoms with Gasteiger partial charge in [-0.15, -0.1) is 0 Å². The fourth-order valence-corrected chi connectivity index (χ4v) is 4.68. The number of amides is 1. The fraction of sp³-hybridized carbons (Fsp3) is 0.174. The van der Waals surface area contributed by atoms with Gasteiger partial charge in [0.1, 0.15) is 12.3 Å². The Kier molecular flexibility index (Phi) is 7.42. The number of aryl methyl sites for hydroxylation is 1. The van der Waals surface area contributed by atoms with Crippen molar-refractivity contribution in [2.45, 2.75) is 18.0 Å². The van der Waals surface area contributed by atoms with Gasteiger partial charge in [-0.1, -0.05) is 29.3 Å². The Labute approximate surface area is 200 Å². The van der Waals surface area contributed by atoms with E-state index in [0.717, 1.165) is 17.7 Å². The van der Waals surface area contributed by atoms with Crippen LogP contribution in [0.15, 0.2) is 71.6 Å². The lowest BCUT2D eigenvalue weighted by Crippen LogP contribution is -2.38. The number of alkyl halides is 3. The summed E-state index contributed by atoms with van der Waals surface area (Å²) in [5.74, 6) is -0.216. The molecule has 180 valence electrons. The van der Waals surface area contributed by atoms with Crippen molar-refractivity contribution in [3.05, 3.63) is 82.9 Å². The molecule has 0 bridgehead atoms. The number of halogens is 4. The Hall–Kier alpha value is -3.24. The molecule has 0 atom stereocenters. The van der Waals surface area contributed by atoms with Crippen LogP contribution in [0.3, 0.4) is 0 Å². The molecule has 0 aliphatic rings. The summed E-state index contributed by atoms with van der Waals surface area (Å²) in [6, 6.07) is 14.7. The Balaban J connectivity index is 2.01. The average molecular weight is 513 g/mol. The molecule has 1 N–H and O–H groups in total. The molecule has 3 rings (SSSR count). The standard InChI is InChI=1S/C23H20ClF3N2O4S/c1-15-3-10-19(11-4-15)34(31,32)29(17-7-12-21(24)20(13-17)23(25,26)27)14-22(30)28-16-5-8-18(33-2)9-6-16/h3-13H,14H2,1-2H3,(H,28,30). The molecule has 0 aliphatic carbocycles. The smallest absolute Gasteiger partial charge is 0.417 e. The van der Waals surface area contributed by atoms with Crippen LogP contribution in [-0.2, 0) is 21.0 Å². The van der Waals surface area contributed by atoms with Gasteiger partial charge in [0.25, 0.3) is 10.0 Å². The highest BCUT2D eigenvalue weighted by atomic mass is 35.5. The van der Waals surface area contributed by atoms with E-state index >= 15 is 0 Å². The molecule has 3 aromatic rings. The van der Waals surface area contributed by atoms with Crippen LogP contribution < -0.4 is 14.4 Å². The van der Waals surface area contributed by atoms with Crippen molar-refractivity contribution in [2.75, 3.05) is 23.3 Å². The first kappa shape index (κ1) is 25.4. The Morgan fingerprint density at radius 1 is 1.03 bits per heavy atom.